The Bertz CT molecular complexity index is 560. The van der Waals surface area contributed by atoms with Crippen molar-refractivity contribution in [2.24, 2.45) is 5.92 Å². The maximum Gasteiger partial charge on any atom is 0.246 e. The van der Waals surface area contributed by atoms with Crippen molar-refractivity contribution in [1.82, 2.24) is 4.90 Å². The van der Waals surface area contributed by atoms with E-state index in [0.717, 1.165) is 38.3 Å². The van der Waals surface area contributed by atoms with E-state index in [0.29, 0.717) is 11.5 Å². The summed E-state index contributed by atoms with van der Waals surface area (Å²) in [5.74, 6) is 0.473. The van der Waals surface area contributed by atoms with Gasteiger partial charge >= 0.3 is 0 Å². The molecule has 1 unspecified atom stereocenters. The number of hydrogen-bond acceptors (Lipinski definition) is 3. The van der Waals surface area contributed by atoms with E-state index in [2.05, 4.69) is 6.07 Å². The lowest BCUT2D eigenvalue weighted by molar-refractivity contribution is -0.125. The highest BCUT2D eigenvalue weighted by Gasteiger charge is 2.24. The first-order valence-electron chi connectivity index (χ1n) is 7.28. The summed E-state index contributed by atoms with van der Waals surface area (Å²) in [5.41, 5.74) is 1.47. The van der Waals surface area contributed by atoms with E-state index >= 15 is 0 Å². The Morgan fingerprint density at radius 2 is 2.43 bits per heavy atom. The van der Waals surface area contributed by atoms with Gasteiger partial charge in [0.25, 0.3) is 0 Å². The molecule has 1 aliphatic rings. The first-order valence-corrected chi connectivity index (χ1v) is 7.28. The quantitative estimate of drug-likeness (QED) is 0.780. The van der Waals surface area contributed by atoms with Crippen LogP contribution in [-0.4, -0.2) is 37.1 Å². The molecule has 0 N–H and O–H groups in total. The van der Waals surface area contributed by atoms with E-state index in [9.17, 15) is 4.79 Å². The Hall–Kier alpha value is -2.12. The van der Waals surface area contributed by atoms with Crippen LogP contribution in [0.3, 0.4) is 0 Å². The third kappa shape index (κ3) is 4.44. The van der Waals surface area contributed by atoms with Crippen molar-refractivity contribution >= 4 is 12.0 Å². The molecule has 110 valence electrons. The number of amides is 1. The predicted octanol–water partition coefficient (Wildman–Crippen LogP) is 2.46. The van der Waals surface area contributed by atoms with E-state index in [-0.39, 0.29) is 5.91 Å². The number of carbonyl (C=O) groups is 1. The fourth-order valence-electron chi connectivity index (χ4n) is 2.44. The van der Waals surface area contributed by atoms with Gasteiger partial charge in [0.1, 0.15) is 0 Å². The molecule has 2 rings (SSSR count). The van der Waals surface area contributed by atoms with Crippen molar-refractivity contribution in [2.75, 3.05) is 26.3 Å². The van der Waals surface area contributed by atoms with E-state index in [1.807, 2.05) is 24.0 Å². The molecule has 4 heteroatoms. The summed E-state index contributed by atoms with van der Waals surface area (Å²) in [7, 11) is 0. The summed E-state index contributed by atoms with van der Waals surface area (Å²) in [6.07, 6.45) is 4.35. The largest absolute Gasteiger partial charge is 0.381 e. The first-order chi connectivity index (χ1) is 10.2. The Labute approximate surface area is 125 Å². The lowest BCUT2D eigenvalue weighted by atomic mass is 10.1. The molecule has 1 amide bonds. The van der Waals surface area contributed by atoms with Gasteiger partial charge in [0, 0.05) is 31.7 Å². The van der Waals surface area contributed by atoms with Crippen LogP contribution < -0.4 is 0 Å². The molecule has 1 aliphatic heterocycles. The van der Waals surface area contributed by atoms with E-state index < -0.39 is 0 Å². The van der Waals surface area contributed by atoms with Crippen molar-refractivity contribution < 1.29 is 9.53 Å². The summed E-state index contributed by atoms with van der Waals surface area (Å²) in [5, 5.41) is 8.85. The average molecular weight is 284 g/mol. The number of rotatable bonds is 5. The van der Waals surface area contributed by atoms with Crippen LogP contribution in [0, 0.1) is 17.2 Å². The molecule has 1 fully saturated rings. The molecule has 0 aliphatic carbocycles. The molecule has 0 spiro atoms. The highest BCUT2D eigenvalue weighted by atomic mass is 16.5. The zero-order chi connectivity index (χ0) is 15.1. The van der Waals surface area contributed by atoms with Crippen molar-refractivity contribution in [3.63, 3.8) is 0 Å². The monoisotopic (exact) mass is 284 g/mol. The highest BCUT2D eigenvalue weighted by molar-refractivity contribution is 5.92. The van der Waals surface area contributed by atoms with Gasteiger partial charge < -0.3 is 9.64 Å². The average Bonchev–Trinajstić information content (AvgIpc) is 2.99. The van der Waals surface area contributed by atoms with Crippen molar-refractivity contribution in [2.45, 2.75) is 13.3 Å². The van der Waals surface area contributed by atoms with Crippen LogP contribution in [0.1, 0.15) is 24.5 Å². The second-order valence-electron chi connectivity index (χ2n) is 5.17. The number of nitrogens with zero attached hydrogens (tertiary/aromatic N) is 2. The number of carbonyl (C=O) groups excluding carboxylic acids is 1. The third-order valence-corrected chi connectivity index (χ3v) is 3.59. The van der Waals surface area contributed by atoms with Crippen molar-refractivity contribution in [3.05, 3.63) is 41.5 Å². The van der Waals surface area contributed by atoms with Crippen LogP contribution in [0.4, 0.5) is 0 Å². The van der Waals surface area contributed by atoms with E-state index in [1.54, 1.807) is 24.3 Å². The van der Waals surface area contributed by atoms with Crippen LogP contribution >= 0.6 is 0 Å². The number of hydrogen-bond donors (Lipinski definition) is 0. The molecule has 0 aromatic heterocycles. The second-order valence-corrected chi connectivity index (χ2v) is 5.17. The molecular formula is C17H20N2O2. The van der Waals surface area contributed by atoms with Gasteiger partial charge in [-0.15, -0.1) is 0 Å². The zero-order valence-corrected chi connectivity index (χ0v) is 12.3. The maximum absolute atomic E-state index is 12.1. The topological polar surface area (TPSA) is 53.3 Å². The van der Waals surface area contributed by atoms with E-state index in [4.69, 9.17) is 10.00 Å². The lowest BCUT2D eigenvalue weighted by Crippen LogP contribution is -2.27. The van der Waals surface area contributed by atoms with Crippen molar-refractivity contribution in [3.8, 4) is 6.07 Å². The fourth-order valence-corrected chi connectivity index (χ4v) is 2.44. The van der Waals surface area contributed by atoms with Gasteiger partial charge in [-0.2, -0.15) is 5.26 Å². The van der Waals surface area contributed by atoms with Crippen LogP contribution in [0.15, 0.2) is 30.3 Å². The normalized spacial score (nSPS) is 18.1. The molecule has 21 heavy (non-hydrogen) atoms. The van der Waals surface area contributed by atoms with Gasteiger partial charge in [-0.25, -0.2) is 0 Å². The van der Waals surface area contributed by atoms with Crippen molar-refractivity contribution in [1.29, 1.82) is 5.26 Å². The SMILES string of the molecule is CCOCC1CCN(C(=O)/C=C/c2cccc(C#N)c2)C1. The van der Waals surface area contributed by atoms with Crippen LogP contribution in [0.5, 0.6) is 0 Å². The molecule has 1 aromatic carbocycles. The minimum Gasteiger partial charge on any atom is -0.381 e. The minimum atomic E-state index is 0.0244. The van der Waals surface area contributed by atoms with Gasteiger partial charge in [-0.3, -0.25) is 4.79 Å². The molecule has 0 saturated carbocycles. The summed E-state index contributed by atoms with van der Waals surface area (Å²) < 4.78 is 5.41. The molecule has 1 heterocycles. The van der Waals surface area contributed by atoms with Gasteiger partial charge in [0.2, 0.25) is 5.91 Å². The van der Waals surface area contributed by atoms with Crippen LogP contribution in [0.25, 0.3) is 6.08 Å². The summed E-state index contributed by atoms with van der Waals surface area (Å²) in [6, 6.07) is 9.31. The summed E-state index contributed by atoms with van der Waals surface area (Å²) >= 11 is 0. The smallest absolute Gasteiger partial charge is 0.246 e. The maximum atomic E-state index is 12.1. The summed E-state index contributed by atoms with van der Waals surface area (Å²) in [4.78, 5) is 14.0. The zero-order valence-electron chi connectivity index (χ0n) is 12.3. The first kappa shape index (κ1) is 15.3. The van der Waals surface area contributed by atoms with Gasteiger partial charge in [-0.05, 0) is 37.1 Å². The molecule has 0 radical (unpaired) electrons. The molecule has 1 atom stereocenters. The number of nitriles is 1. The highest BCUT2D eigenvalue weighted by Crippen LogP contribution is 2.17. The van der Waals surface area contributed by atoms with Gasteiger partial charge in [0.05, 0.1) is 18.2 Å². The molecular weight excluding hydrogens is 264 g/mol. The Kier molecular flexibility index (Phi) is 5.53. The fraction of sp³-hybridized carbons (Fsp3) is 0.412. The van der Waals surface area contributed by atoms with Gasteiger partial charge in [0.15, 0.2) is 0 Å². The Morgan fingerprint density at radius 3 is 3.19 bits per heavy atom. The Morgan fingerprint density at radius 1 is 1.57 bits per heavy atom. The molecule has 1 saturated heterocycles. The predicted molar refractivity (Wildman–Crippen MR) is 81.4 cm³/mol. The number of likely N-dealkylation sites (tertiary alicyclic amines) is 1. The minimum absolute atomic E-state index is 0.0244. The molecule has 1 aromatic rings. The number of ether oxygens (including phenoxy) is 1. The lowest BCUT2D eigenvalue weighted by Gasteiger charge is -2.14. The van der Waals surface area contributed by atoms with Gasteiger partial charge in [-0.1, -0.05) is 12.1 Å². The molecule has 4 nitrogen and oxygen atoms in total. The standard InChI is InChI=1S/C17H20N2O2/c1-2-21-13-16-8-9-19(12-16)17(20)7-6-14-4-3-5-15(10-14)11-18/h3-7,10,16H,2,8-9,12-13H2,1H3/b7-6+. The van der Waals surface area contributed by atoms with Crippen LogP contribution in [0.2, 0.25) is 0 Å². The Balaban J connectivity index is 1.89. The summed E-state index contributed by atoms with van der Waals surface area (Å²) in [6.45, 7) is 4.99. The second kappa shape index (κ2) is 7.61. The van der Waals surface area contributed by atoms with Crippen LogP contribution in [-0.2, 0) is 9.53 Å². The number of benzene rings is 1. The molecule has 0 bridgehead atoms. The van der Waals surface area contributed by atoms with E-state index in [1.165, 1.54) is 0 Å². The third-order valence-electron chi connectivity index (χ3n) is 3.59.